The Labute approximate surface area is 182 Å². The van der Waals surface area contributed by atoms with Gasteiger partial charge in [-0.3, -0.25) is 0 Å². The third-order valence-corrected chi connectivity index (χ3v) is 6.50. The van der Waals surface area contributed by atoms with E-state index >= 15 is 0 Å². The second-order valence-corrected chi connectivity index (χ2v) is 8.33. The van der Waals surface area contributed by atoms with Crippen molar-refractivity contribution in [1.29, 1.82) is 0 Å². The normalized spacial score (nSPS) is 17.4. The number of ether oxygens (including phenoxy) is 1. The molecule has 4 heterocycles. The van der Waals surface area contributed by atoms with Crippen LogP contribution in [0.5, 0.6) is 0 Å². The smallest absolute Gasteiger partial charge is 0.337 e. The molecule has 1 aromatic carbocycles. The van der Waals surface area contributed by atoms with Crippen LogP contribution in [0, 0.1) is 5.41 Å². The van der Waals surface area contributed by atoms with Crippen molar-refractivity contribution in [2.75, 3.05) is 38.2 Å². The van der Waals surface area contributed by atoms with Crippen molar-refractivity contribution in [3.05, 3.63) is 59.9 Å². The van der Waals surface area contributed by atoms with Crippen molar-refractivity contribution in [2.24, 2.45) is 5.41 Å². The molecule has 158 valence electrons. The highest BCUT2D eigenvalue weighted by molar-refractivity contribution is 5.89. The van der Waals surface area contributed by atoms with Crippen molar-refractivity contribution in [3.63, 3.8) is 0 Å². The maximum Gasteiger partial charge on any atom is 0.337 e. The Kier molecular flexibility index (Phi) is 5.71. The van der Waals surface area contributed by atoms with Gasteiger partial charge in [0.05, 0.1) is 24.6 Å². The van der Waals surface area contributed by atoms with E-state index in [4.69, 9.17) is 9.72 Å². The first-order valence-corrected chi connectivity index (χ1v) is 10.2. The number of halogens is 1. The summed E-state index contributed by atoms with van der Waals surface area (Å²) in [5, 5.41) is 4.59. The average Bonchev–Trinajstić information content (AvgIpc) is 3.14. The maximum absolute atomic E-state index is 11.6. The lowest BCUT2D eigenvalue weighted by molar-refractivity contribution is 0.0600. The van der Waals surface area contributed by atoms with Crippen molar-refractivity contribution >= 4 is 35.1 Å². The number of pyridine rings is 1. The first-order chi connectivity index (χ1) is 14.2. The van der Waals surface area contributed by atoms with Crippen LogP contribution in [0.25, 0.3) is 11.0 Å². The summed E-state index contributed by atoms with van der Waals surface area (Å²) in [6.45, 7) is 5.31. The number of fused-ring (bicyclic) bond motifs is 1. The molecule has 5 rings (SSSR count). The Morgan fingerprint density at radius 3 is 2.53 bits per heavy atom. The highest BCUT2D eigenvalue weighted by Crippen LogP contribution is 2.36. The summed E-state index contributed by atoms with van der Waals surface area (Å²) in [6, 6.07) is 11.9. The van der Waals surface area contributed by atoms with Gasteiger partial charge in [-0.15, -0.1) is 12.4 Å². The van der Waals surface area contributed by atoms with Gasteiger partial charge in [0.15, 0.2) is 0 Å². The second kappa shape index (κ2) is 8.28. The van der Waals surface area contributed by atoms with Gasteiger partial charge >= 0.3 is 5.97 Å². The monoisotopic (exact) mass is 426 g/mol. The molecule has 0 atom stereocenters. The summed E-state index contributed by atoms with van der Waals surface area (Å²) < 4.78 is 6.91. The number of nitrogens with zero attached hydrogens (tertiary/aromatic N) is 3. The highest BCUT2D eigenvalue weighted by atomic mass is 35.5. The van der Waals surface area contributed by atoms with Crippen LogP contribution in [0.2, 0.25) is 0 Å². The van der Waals surface area contributed by atoms with Crippen molar-refractivity contribution in [2.45, 2.75) is 19.4 Å². The lowest BCUT2D eigenvalue weighted by Crippen LogP contribution is -2.58. The van der Waals surface area contributed by atoms with E-state index in [1.807, 2.05) is 18.3 Å². The van der Waals surface area contributed by atoms with Gasteiger partial charge in [-0.05, 0) is 48.1 Å². The molecule has 2 aromatic heterocycles. The van der Waals surface area contributed by atoms with Crippen LogP contribution in [0.1, 0.15) is 28.8 Å². The molecule has 2 aliphatic rings. The number of benzene rings is 1. The SMILES string of the molecule is COC(=O)c1ccc(Cn2ccc3cc(N4CCC5(CC4)CNC5)cnc32)cc1.Cl. The van der Waals surface area contributed by atoms with Gasteiger partial charge in [-0.2, -0.15) is 0 Å². The lowest BCUT2D eigenvalue weighted by atomic mass is 9.73. The van der Waals surface area contributed by atoms with Gasteiger partial charge in [0.2, 0.25) is 0 Å². The lowest BCUT2D eigenvalue weighted by Gasteiger charge is -2.48. The molecular formula is C23H27ClN4O2. The van der Waals surface area contributed by atoms with E-state index in [2.05, 4.69) is 33.1 Å². The molecule has 0 amide bonds. The molecule has 0 bridgehead atoms. The van der Waals surface area contributed by atoms with Crippen molar-refractivity contribution < 1.29 is 9.53 Å². The zero-order chi connectivity index (χ0) is 19.8. The van der Waals surface area contributed by atoms with Gasteiger partial charge in [-0.25, -0.2) is 9.78 Å². The molecule has 2 aliphatic heterocycles. The van der Waals surface area contributed by atoms with Gasteiger partial charge in [-0.1, -0.05) is 12.1 Å². The number of aromatic nitrogens is 2. The molecule has 0 saturated carbocycles. The molecule has 0 unspecified atom stereocenters. The Bertz CT molecular complexity index is 1030. The fraction of sp³-hybridized carbons (Fsp3) is 0.391. The van der Waals surface area contributed by atoms with Crippen LogP contribution in [0.4, 0.5) is 5.69 Å². The van der Waals surface area contributed by atoms with Gasteiger partial charge in [0.25, 0.3) is 0 Å². The largest absolute Gasteiger partial charge is 0.465 e. The quantitative estimate of drug-likeness (QED) is 0.647. The van der Waals surface area contributed by atoms with E-state index in [-0.39, 0.29) is 18.4 Å². The minimum absolute atomic E-state index is 0. The van der Waals surface area contributed by atoms with Crippen LogP contribution < -0.4 is 10.2 Å². The molecule has 3 aromatic rings. The van der Waals surface area contributed by atoms with Crippen molar-refractivity contribution in [3.8, 4) is 0 Å². The third kappa shape index (κ3) is 3.77. The van der Waals surface area contributed by atoms with Gasteiger partial charge < -0.3 is 19.5 Å². The van der Waals surface area contributed by atoms with Crippen LogP contribution in [0.15, 0.2) is 48.8 Å². The van der Waals surface area contributed by atoms with Gasteiger partial charge in [0.1, 0.15) is 5.65 Å². The van der Waals surface area contributed by atoms with Gasteiger partial charge in [0, 0.05) is 44.3 Å². The number of hydrogen-bond donors (Lipinski definition) is 1. The number of esters is 1. The maximum atomic E-state index is 11.6. The van der Waals surface area contributed by atoms with Crippen molar-refractivity contribution in [1.82, 2.24) is 14.9 Å². The van der Waals surface area contributed by atoms with E-state index in [0.29, 0.717) is 11.0 Å². The van der Waals surface area contributed by atoms with E-state index in [0.717, 1.165) is 30.8 Å². The molecule has 2 saturated heterocycles. The molecule has 1 spiro atoms. The minimum atomic E-state index is -0.311. The van der Waals surface area contributed by atoms with E-state index in [1.165, 1.54) is 44.1 Å². The Balaban J connectivity index is 0.00000218. The number of carbonyl (C=O) groups excluding carboxylic acids is 1. The summed E-state index contributed by atoms with van der Waals surface area (Å²) >= 11 is 0. The zero-order valence-corrected chi connectivity index (χ0v) is 18.0. The molecule has 7 heteroatoms. The van der Waals surface area contributed by atoms with Crippen LogP contribution in [-0.2, 0) is 11.3 Å². The molecule has 0 aliphatic carbocycles. The summed E-state index contributed by atoms with van der Waals surface area (Å²) in [5.74, 6) is -0.311. The zero-order valence-electron chi connectivity index (χ0n) is 17.1. The van der Waals surface area contributed by atoms with E-state index in [1.54, 1.807) is 12.1 Å². The highest BCUT2D eigenvalue weighted by Gasteiger charge is 2.39. The van der Waals surface area contributed by atoms with E-state index in [9.17, 15) is 4.79 Å². The van der Waals surface area contributed by atoms with Crippen LogP contribution >= 0.6 is 12.4 Å². The summed E-state index contributed by atoms with van der Waals surface area (Å²) in [7, 11) is 1.40. The summed E-state index contributed by atoms with van der Waals surface area (Å²) in [6.07, 6.45) is 6.62. The predicted octanol–water partition coefficient (Wildman–Crippen LogP) is 3.48. The third-order valence-electron chi connectivity index (χ3n) is 6.50. The molecule has 1 N–H and O–H groups in total. The fourth-order valence-corrected chi connectivity index (χ4v) is 4.50. The molecule has 6 nitrogen and oxygen atoms in total. The number of carbonyl (C=O) groups is 1. The number of methoxy groups -OCH3 is 1. The van der Waals surface area contributed by atoms with Crippen LogP contribution in [0.3, 0.4) is 0 Å². The first-order valence-electron chi connectivity index (χ1n) is 10.2. The van der Waals surface area contributed by atoms with Crippen LogP contribution in [-0.4, -0.2) is 48.8 Å². The topological polar surface area (TPSA) is 59.4 Å². The number of nitrogens with one attached hydrogen (secondary N) is 1. The summed E-state index contributed by atoms with van der Waals surface area (Å²) in [5.41, 5.74) is 4.46. The predicted molar refractivity (Wildman–Crippen MR) is 121 cm³/mol. The first kappa shape index (κ1) is 20.7. The Morgan fingerprint density at radius 1 is 1.17 bits per heavy atom. The fourth-order valence-electron chi connectivity index (χ4n) is 4.50. The molecule has 30 heavy (non-hydrogen) atoms. The Morgan fingerprint density at radius 2 is 1.90 bits per heavy atom. The van der Waals surface area contributed by atoms with E-state index < -0.39 is 0 Å². The average molecular weight is 427 g/mol. The second-order valence-electron chi connectivity index (χ2n) is 8.33. The number of anilines is 1. The molecular weight excluding hydrogens is 400 g/mol. The Hall–Kier alpha value is -2.57. The molecule has 0 radical (unpaired) electrons. The number of rotatable bonds is 4. The summed E-state index contributed by atoms with van der Waals surface area (Å²) in [4.78, 5) is 18.8. The molecule has 2 fully saturated rings. The standard InChI is InChI=1S/C23H26N4O2.ClH/c1-29-22(28)18-4-2-17(3-5-18)14-27-9-6-19-12-20(13-25-21(19)27)26-10-7-23(8-11-26)15-24-16-23;/h2-6,9,12-13,24H,7-8,10-11,14-16H2,1H3;1H. The number of piperidine rings is 1. The minimum Gasteiger partial charge on any atom is -0.465 e. The number of hydrogen-bond acceptors (Lipinski definition) is 5.